The molecule has 0 radical (unpaired) electrons. The van der Waals surface area contributed by atoms with Crippen molar-refractivity contribution in [2.45, 2.75) is 52.6 Å². The SMILES string of the molecule is CCNC(=O)[C@@H](CC)N(Cc1ccccc1C)C(=O)CCc1ccc2c(c1)OCO2. The topological polar surface area (TPSA) is 67.9 Å². The first-order chi connectivity index (χ1) is 14.5. The van der Waals surface area contributed by atoms with Crippen LogP contribution in [0, 0.1) is 6.92 Å². The number of nitrogens with one attached hydrogen (secondary N) is 1. The molecule has 0 spiro atoms. The predicted molar refractivity (Wildman–Crippen MR) is 115 cm³/mol. The van der Waals surface area contributed by atoms with Crippen molar-refractivity contribution in [3.8, 4) is 11.5 Å². The van der Waals surface area contributed by atoms with Crippen LogP contribution >= 0.6 is 0 Å². The third-order valence-corrected chi connectivity index (χ3v) is 5.40. The first-order valence-electron chi connectivity index (χ1n) is 10.5. The van der Waals surface area contributed by atoms with Crippen LogP contribution in [0.5, 0.6) is 11.5 Å². The summed E-state index contributed by atoms with van der Waals surface area (Å²) < 4.78 is 10.8. The first kappa shape index (κ1) is 21.7. The van der Waals surface area contributed by atoms with E-state index in [4.69, 9.17) is 9.47 Å². The number of amides is 2. The van der Waals surface area contributed by atoms with Gasteiger partial charge < -0.3 is 19.7 Å². The Kier molecular flexibility index (Phi) is 7.33. The van der Waals surface area contributed by atoms with Crippen LogP contribution in [0.2, 0.25) is 0 Å². The molecule has 0 saturated heterocycles. The Morgan fingerprint density at radius 3 is 2.60 bits per heavy atom. The summed E-state index contributed by atoms with van der Waals surface area (Å²) in [6.45, 7) is 7.04. The van der Waals surface area contributed by atoms with Gasteiger partial charge in [-0.05, 0) is 55.5 Å². The number of nitrogens with zero attached hydrogens (tertiary/aromatic N) is 1. The van der Waals surface area contributed by atoms with E-state index in [1.807, 2.05) is 63.2 Å². The molecule has 6 heteroatoms. The van der Waals surface area contributed by atoms with Crippen molar-refractivity contribution in [1.29, 1.82) is 0 Å². The monoisotopic (exact) mass is 410 g/mol. The van der Waals surface area contributed by atoms with Gasteiger partial charge in [-0.2, -0.15) is 0 Å². The molecule has 2 aromatic rings. The summed E-state index contributed by atoms with van der Waals surface area (Å²) >= 11 is 0. The summed E-state index contributed by atoms with van der Waals surface area (Å²) in [6, 6.07) is 13.2. The normalized spacial score (nSPS) is 13.0. The number of benzene rings is 2. The van der Waals surface area contributed by atoms with Crippen LogP contribution in [-0.4, -0.2) is 36.1 Å². The molecular weight excluding hydrogens is 380 g/mol. The largest absolute Gasteiger partial charge is 0.454 e. The molecule has 3 rings (SSSR count). The summed E-state index contributed by atoms with van der Waals surface area (Å²) in [7, 11) is 0. The second kappa shape index (κ2) is 10.1. The number of carbonyl (C=O) groups is 2. The van der Waals surface area contributed by atoms with Crippen molar-refractivity contribution < 1.29 is 19.1 Å². The maximum atomic E-state index is 13.3. The Morgan fingerprint density at radius 2 is 1.87 bits per heavy atom. The average Bonchev–Trinajstić information content (AvgIpc) is 3.21. The van der Waals surface area contributed by atoms with Gasteiger partial charge in [-0.15, -0.1) is 0 Å². The number of rotatable bonds is 9. The van der Waals surface area contributed by atoms with Gasteiger partial charge in [0.25, 0.3) is 0 Å². The van der Waals surface area contributed by atoms with E-state index in [-0.39, 0.29) is 18.6 Å². The highest BCUT2D eigenvalue weighted by Gasteiger charge is 2.28. The third kappa shape index (κ3) is 5.12. The molecule has 2 amide bonds. The number of aryl methyl sites for hydroxylation is 2. The number of carbonyl (C=O) groups excluding carboxylic acids is 2. The van der Waals surface area contributed by atoms with Gasteiger partial charge in [0.05, 0.1) is 0 Å². The summed E-state index contributed by atoms with van der Waals surface area (Å²) in [6.07, 6.45) is 1.46. The van der Waals surface area contributed by atoms with E-state index in [1.165, 1.54) is 0 Å². The molecular formula is C24H30N2O4. The smallest absolute Gasteiger partial charge is 0.242 e. The molecule has 1 aliphatic heterocycles. The summed E-state index contributed by atoms with van der Waals surface area (Å²) in [4.78, 5) is 27.6. The van der Waals surface area contributed by atoms with E-state index >= 15 is 0 Å². The van der Waals surface area contributed by atoms with Gasteiger partial charge in [0.1, 0.15) is 6.04 Å². The maximum Gasteiger partial charge on any atom is 0.242 e. The second-order valence-corrected chi connectivity index (χ2v) is 7.45. The van der Waals surface area contributed by atoms with Gasteiger partial charge in [0.2, 0.25) is 18.6 Å². The van der Waals surface area contributed by atoms with Gasteiger partial charge in [0.15, 0.2) is 11.5 Å². The van der Waals surface area contributed by atoms with Gasteiger partial charge in [-0.25, -0.2) is 0 Å². The van der Waals surface area contributed by atoms with Crippen molar-refractivity contribution in [3.05, 3.63) is 59.2 Å². The minimum atomic E-state index is -0.492. The molecule has 30 heavy (non-hydrogen) atoms. The third-order valence-electron chi connectivity index (χ3n) is 5.40. The molecule has 2 aromatic carbocycles. The van der Waals surface area contributed by atoms with Crippen LogP contribution < -0.4 is 14.8 Å². The number of likely N-dealkylation sites (N-methyl/N-ethyl adjacent to an activating group) is 1. The second-order valence-electron chi connectivity index (χ2n) is 7.45. The average molecular weight is 411 g/mol. The van der Waals surface area contributed by atoms with E-state index in [9.17, 15) is 9.59 Å². The molecule has 1 N–H and O–H groups in total. The Hall–Kier alpha value is -3.02. The van der Waals surface area contributed by atoms with Gasteiger partial charge in [0, 0.05) is 19.5 Å². The highest BCUT2D eigenvalue weighted by molar-refractivity contribution is 5.87. The van der Waals surface area contributed by atoms with Crippen molar-refractivity contribution in [2.75, 3.05) is 13.3 Å². The molecule has 1 aliphatic rings. The maximum absolute atomic E-state index is 13.3. The van der Waals surface area contributed by atoms with Crippen molar-refractivity contribution in [2.24, 2.45) is 0 Å². The van der Waals surface area contributed by atoms with E-state index in [0.717, 1.165) is 22.4 Å². The van der Waals surface area contributed by atoms with E-state index in [0.29, 0.717) is 38.1 Å². The van der Waals surface area contributed by atoms with Crippen molar-refractivity contribution in [1.82, 2.24) is 10.2 Å². The van der Waals surface area contributed by atoms with Crippen LogP contribution in [0.4, 0.5) is 0 Å². The lowest BCUT2D eigenvalue weighted by Crippen LogP contribution is -2.49. The van der Waals surface area contributed by atoms with E-state index in [2.05, 4.69) is 5.32 Å². The number of hydrogen-bond acceptors (Lipinski definition) is 4. The van der Waals surface area contributed by atoms with Crippen LogP contribution in [0.25, 0.3) is 0 Å². The van der Waals surface area contributed by atoms with E-state index in [1.54, 1.807) is 4.90 Å². The van der Waals surface area contributed by atoms with Gasteiger partial charge in [-0.1, -0.05) is 37.3 Å². The minimum absolute atomic E-state index is 0.0333. The lowest BCUT2D eigenvalue weighted by molar-refractivity contribution is -0.141. The number of ether oxygens (including phenoxy) is 2. The fourth-order valence-electron chi connectivity index (χ4n) is 3.67. The molecule has 1 atom stereocenters. The zero-order chi connectivity index (χ0) is 21.5. The minimum Gasteiger partial charge on any atom is -0.454 e. The van der Waals surface area contributed by atoms with Gasteiger partial charge in [-0.3, -0.25) is 9.59 Å². The summed E-state index contributed by atoms with van der Waals surface area (Å²) in [5.41, 5.74) is 3.17. The quantitative estimate of drug-likeness (QED) is 0.686. The highest BCUT2D eigenvalue weighted by atomic mass is 16.7. The lowest BCUT2D eigenvalue weighted by atomic mass is 10.0. The molecule has 1 heterocycles. The zero-order valence-corrected chi connectivity index (χ0v) is 17.9. The molecule has 6 nitrogen and oxygen atoms in total. The Labute approximate surface area is 178 Å². The first-order valence-corrected chi connectivity index (χ1v) is 10.5. The number of fused-ring (bicyclic) bond motifs is 1. The molecule has 0 saturated carbocycles. The van der Waals surface area contributed by atoms with Crippen LogP contribution in [-0.2, 0) is 22.6 Å². The number of hydrogen-bond donors (Lipinski definition) is 1. The molecule has 160 valence electrons. The van der Waals surface area contributed by atoms with Crippen LogP contribution in [0.1, 0.15) is 43.4 Å². The molecule has 0 aromatic heterocycles. The van der Waals surface area contributed by atoms with Crippen LogP contribution in [0.3, 0.4) is 0 Å². The fraction of sp³-hybridized carbons (Fsp3) is 0.417. The molecule has 0 bridgehead atoms. The van der Waals surface area contributed by atoms with Gasteiger partial charge >= 0.3 is 0 Å². The summed E-state index contributed by atoms with van der Waals surface area (Å²) in [5, 5.41) is 2.87. The molecule has 0 unspecified atom stereocenters. The Balaban J connectivity index is 1.76. The van der Waals surface area contributed by atoms with E-state index < -0.39 is 6.04 Å². The van der Waals surface area contributed by atoms with Crippen LogP contribution in [0.15, 0.2) is 42.5 Å². The Bertz CT molecular complexity index is 897. The highest BCUT2D eigenvalue weighted by Crippen LogP contribution is 2.32. The lowest BCUT2D eigenvalue weighted by Gasteiger charge is -2.31. The standard InChI is InChI=1S/C24H30N2O4/c1-4-20(24(28)25-5-2)26(15-19-9-7-6-8-17(19)3)23(27)13-11-18-10-12-21-22(14-18)30-16-29-21/h6-10,12,14,20H,4-5,11,13,15-16H2,1-3H3,(H,25,28)/t20-/m1/s1. The molecule has 0 aliphatic carbocycles. The molecule has 0 fully saturated rings. The predicted octanol–water partition coefficient (Wildman–Crippen LogP) is 3.60. The fourth-order valence-corrected chi connectivity index (χ4v) is 3.67. The summed E-state index contributed by atoms with van der Waals surface area (Å²) in [5.74, 6) is 1.30. The van der Waals surface area contributed by atoms with Crippen molar-refractivity contribution in [3.63, 3.8) is 0 Å². The zero-order valence-electron chi connectivity index (χ0n) is 17.9. The Morgan fingerprint density at radius 1 is 1.10 bits per heavy atom. The van der Waals surface area contributed by atoms with Crippen molar-refractivity contribution >= 4 is 11.8 Å².